The lowest BCUT2D eigenvalue weighted by Crippen LogP contribution is -2.49. The van der Waals surface area contributed by atoms with Gasteiger partial charge in [-0.3, -0.25) is 15.4 Å². The number of rotatable bonds is 1. The van der Waals surface area contributed by atoms with Crippen LogP contribution in [0.4, 0.5) is 6.01 Å². The molecule has 1 fully saturated rings. The molecular formula is C15H16N4O2. The monoisotopic (exact) mass is 284 g/mol. The number of nitrogens with one attached hydrogen (secondary N) is 2. The molecular weight excluding hydrogens is 268 g/mol. The number of benzene rings is 1. The summed E-state index contributed by atoms with van der Waals surface area (Å²) >= 11 is 0. The summed E-state index contributed by atoms with van der Waals surface area (Å²) in [6, 6.07) is 7.96. The number of oxazole rings is 1. The lowest BCUT2D eigenvalue weighted by atomic mass is 9.83. The Kier molecular flexibility index (Phi) is 2.87. The van der Waals surface area contributed by atoms with Crippen molar-refractivity contribution in [2.45, 2.75) is 31.7 Å². The Bertz CT molecular complexity index is 688. The van der Waals surface area contributed by atoms with Gasteiger partial charge in [0.1, 0.15) is 5.52 Å². The number of carbonyl (C=O) groups is 1. The Morgan fingerprint density at radius 2 is 2.10 bits per heavy atom. The van der Waals surface area contributed by atoms with Crippen LogP contribution in [0.15, 0.2) is 33.7 Å². The fourth-order valence-electron chi connectivity index (χ4n) is 3.07. The van der Waals surface area contributed by atoms with Crippen molar-refractivity contribution < 1.29 is 9.21 Å². The zero-order valence-corrected chi connectivity index (χ0v) is 11.5. The van der Waals surface area contributed by atoms with E-state index < -0.39 is 0 Å². The molecule has 1 amide bonds. The molecule has 2 aliphatic rings. The molecule has 1 aliphatic heterocycles. The average Bonchev–Trinajstić information content (AvgIpc) is 2.89. The van der Waals surface area contributed by atoms with Gasteiger partial charge in [-0.15, -0.1) is 0 Å². The average molecular weight is 284 g/mol. The number of hydrogen-bond acceptors (Lipinski definition) is 5. The Labute approximate surface area is 121 Å². The van der Waals surface area contributed by atoms with E-state index in [2.05, 4.69) is 20.6 Å². The summed E-state index contributed by atoms with van der Waals surface area (Å²) in [6.07, 6.45) is 4.14. The number of hydrogen-bond donors (Lipinski definition) is 2. The number of amides is 1. The number of guanidine groups is 1. The van der Waals surface area contributed by atoms with Gasteiger partial charge in [-0.25, -0.2) is 4.99 Å². The molecule has 2 N–H and O–H groups in total. The third-order valence-corrected chi connectivity index (χ3v) is 4.12. The topological polar surface area (TPSA) is 79.5 Å². The van der Waals surface area contributed by atoms with E-state index in [0.717, 1.165) is 31.2 Å². The molecule has 2 aromatic rings. The number of nitrogens with zero attached hydrogens (tertiary/aromatic N) is 2. The van der Waals surface area contributed by atoms with Crippen LogP contribution < -0.4 is 10.6 Å². The van der Waals surface area contributed by atoms with Crippen molar-refractivity contribution in [2.24, 2.45) is 10.9 Å². The molecule has 4 rings (SSSR count). The molecule has 1 aliphatic carbocycles. The van der Waals surface area contributed by atoms with Gasteiger partial charge >= 0.3 is 6.01 Å². The van der Waals surface area contributed by atoms with Gasteiger partial charge in [0.05, 0.1) is 12.0 Å². The Morgan fingerprint density at radius 3 is 3.00 bits per heavy atom. The van der Waals surface area contributed by atoms with Crippen molar-refractivity contribution in [3.05, 3.63) is 24.3 Å². The summed E-state index contributed by atoms with van der Waals surface area (Å²) in [5, 5.41) is 5.78. The van der Waals surface area contributed by atoms with E-state index in [0.29, 0.717) is 17.6 Å². The van der Waals surface area contributed by atoms with Crippen LogP contribution in [0.1, 0.15) is 25.7 Å². The zero-order chi connectivity index (χ0) is 14.2. The van der Waals surface area contributed by atoms with Crippen LogP contribution in [0, 0.1) is 5.92 Å². The minimum Gasteiger partial charge on any atom is -0.423 e. The molecule has 0 spiro atoms. The van der Waals surface area contributed by atoms with Gasteiger partial charge in [0.2, 0.25) is 11.9 Å². The summed E-state index contributed by atoms with van der Waals surface area (Å²) in [5.41, 5.74) is 1.48. The van der Waals surface area contributed by atoms with E-state index in [-0.39, 0.29) is 17.9 Å². The lowest BCUT2D eigenvalue weighted by Gasteiger charge is -2.32. The number of aliphatic imine (C=N–C) groups is 1. The number of aromatic nitrogens is 1. The maximum Gasteiger partial charge on any atom is 0.302 e. The van der Waals surface area contributed by atoms with Crippen molar-refractivity contribution in [2.75, 3.05) is 5.32 Å². The number of anilines is 1. The first-order chi connectivity index (χ1) is 10.3. The van der Waals surface area contributed by atoms with Crippen LogP contribution >= 0.6 is 0 Å². The third-order valence-electron chi connectivity index (χ3n) is 4.12. The first-order valence-corrected chi connectivity index (χ1v) is 7.31. The maximum absolute atomic E-state index is 12.1. The minimum atomic E-state index is 0.0212. The quantitative estimate of drug-likeness (QED) is 0.842. The second-order valence-corrected chi connectivity index (χ2v) is 5.54. The zero-order valence-electron chi connectivity index (χ0n) is 11.5. The molecule has 0 bridgehead atoms. The van der Waals surface area contributed by atoms with Crippen LogP contribution in [-0.2, 0) is 4.79 Å². The Morgan fingerprint density at radius 1 is 1.24 bits per heavy atom. The largest absolute Gasteiger partial charge is 0.423 e. The fourth-order valence-corrected chi connectivity index (χ4v) is 3.07. The molecule has 2 unspecified atom stereocenters. The molecule has 108 valence electrons. The molecule has 1 aromatic heterocycles. The van der Waals surface area contributed by atoms with E-state index in [1.54, 1.807) is 0 Å². The van der Waals surface area contributed by atoms with Gasteiger partial charge in [-0.2, -0.15) is 4.98 Å². The molecule has 2 atom stereocenters. The first kappa shape index (κ1) is 12.4. The van der Waals surface area contributed by atoms with E-state index in [1.807, 2.05) is 24.3 Å². The Hall–Kier alpha value is -2.37. The molecule has 21 heavy (non-hydrogen) atoms. The number of fused-ring (bicyclic) bond motifs is 2. The highest BCUT2D eigenvalue weighted by Gasteiger charge is 2.35. The van der Waals surface area contributed by atoms with Crippen molar-refractivity contribution in [3.8, 4) is 0 Å². The molecule has 0 saturated heterocycles. The summed E-state index contributed by atoms with van der Waals surface area (Å²) < 4.78 is 5.59. The van der Waals surface area contributed by atoms with Crippen LogP contribution in [-0.4, -0.2) is 22.9 Å². The molecule has 1 aromatic carbocycles. The standard InChI is InChI=1S/C15H16N4O2/c20-13-9-5-1-2-6-10(9)16-14(18-13)19-15-17-11-7-3-4-8-12(11)21-15/h3-4,7-10H,1-2,5-6H2,(H2,16,17,18,19,20). The first-order valence-electron chi connectivity index (χ1n) is 7.31. The molecule has 2 heterocycles. The van der Waals surface area contributed by atoms with Crippen LogP contribution in [0.25, 0.3) is 11.1 Å². The maximum atomic E-state index is 12.1. The summed E-state index contributed by atoms with van der Waals surface area (Å²) in [7, 11) is 0. The highest BCUT2D eigenvalue weighted by Crippen LogP contribution is 2.29. The van der Waals surface area contributed by atoms with Gasteiger partial charge in [0.25, 0.3) is 0 Å². The van der Waals surface area contributed by atoms with Gasteiger partial charge < -0.3 is 4.42 Å². The highest BCUT2D eigenvalue weighted by atomic mass is 16.4. The van der Waals surface area contributed by atoms with Gasteiger partial charge in [0.15, 0.2) is 5.58 Å². The van der Waals surface area contributed by atoms with Gasteiger partial charge in [-0.1, -0.05) is 25.0 Å². The summed E-state index contributed by atoms with van der Waals surface area (Å²) in [5.74, 6) is 0.510. The minimum absolute atomic E-state index is 0.0212. The Balaban J connectivity index is 1.58. The van der Waals surface area contributed by atoms with Crippen LogP contribution in [0.2, 0.25) is 0 Å². The van der Waals surface area contributed by atoms with Gasteiger partial charge in [-0.05, 0) is 25.0 Å². The summed E-state index contributed by atoms with van der Waals surface area (Å²) in [4.78, 5) is 21.0. The van der Waals surface area contributed by atoms with Crippen molar-refractivity contribution in [1.29, 1.82) is 0 Å². The second-order valence-electron chi connectivity index (χ2n) is 5.54. The number of carbonyl (C=O) groups excluding carboxylic acids is 1. The van der Waals surface area contributed by atoms with Gasteiger partial charge in [0, 0.05) is 0 Å². The van der Waals surface area contributed by atoms with Crippen molar-refractivity contribution >= 4 is 29.0 Å². The molecule has 1 saturated carbocycles. The SMILES string of the molecule is O=C1NC(Nc2nc3ccccc3o2)=NC2CCCCC12. The number of para-hydroxylation sites is 2. The van der Waals surface area contributed by atoms with E-state index in [4.69, 9.17) is 4.42 Å². The molecule has 6 heteroatoms. The van der Waals surface area contributed by atoms with Crippen molar-refractivity contribution in [3.63, 3.8) is 0 Å². The lowest BCUT2D eigenvalue weighted by molar-refractivity contribution is -0.125. The predicted octanol–water partition coefficient (Wildman–Crippen LogP) is 2.28. The van der Waals surface area contributed by atoms with Crippen LogP contribution in [0.3, 0.4) is 0 Å². The van der Waals surface area contributed by atoms with E-state index >= 15 is 0 Å². The molecule has 6 nitrogen and oxygen atoms in total. The molecule has 0 radical (unpaired) electrons. The van der Waals surface area contributed by atoms with E-state index in [1.165, 1.54) is 0 Å². The van der Waals surface area contributed by atoms with E-state index in [9.17, 15) is 4.79 Å². The van der Waals surface area contributed by atoms with Crippen molar-refractivity contribution in [1.82, 2.24) is 10.3 Å². The smallest absolute Gasteiger partial charge is 0.302 e. The highest BCUT2D eigenvalue weighted by molar-refractivity contribution is 6.06. The summed E-state index contributed by atoms with van der Waals surface area (Å²) in [6.45, 7) is 0. The third kappa shape index (κ3) is 2.26. The second kappa shape index (κ2) is 4.87. The predicted molar refractivity (Wildman–Crippen MR) is 79.0 cm³/mol. The fraction of sp³-hybridized carbons (Fsp3) is 0.400. The van der Waals surface area contributed by atoms with Crippen LogP contribution in [0.5, 0.6) is 0 Å². The normalized spacial score (nSPS) is 25.1.